The number of carbonyl (C=O) groups is 1. The van der Waals surface area contributed by atoms with Gasteiger partial charge in [0.15, 0.2) is 0 Å². The molecule has 0 aromatic heterocycles. The summed E-state index contributed by atoms with van der Waals surface area (Å²) in [7, 11) is 0. The number of benzene rings is 1. The predicted molar refractivity (Wildman–Crippen MR) is 88.3 cm³/mol. The van der Waals surface area contributed by atoms with Crippen LogP contribution in [-0.2, 0) is 6.18 Å². The van der Waals surface area contributed by atoms with Gasteiger partial charge >= 0.3 is 12.2 Å². The molecule has 24 heavy (non-hydrogen) atoms. The average Bonchev–Trinajstić information content (AvgIpc) is 2.52. The maximum Gasteiger partial charge on any atom is 0.416 e. The van der Waals surface area contributed by atoms with Gasteiger partial charge in [0.05, 0.1) is 5.56 Å². The number of terminal acetylenes is 1. The van der Waals surface area contributed by atoms with Gasteiger partial charge in [-0.15, -0.1) is 6.42 Å². The Hall–Kier alpha value is -2.16. The summed E-state index contributed by atoms with van der Waals surface area (Å²) in [4.78, 5) is 12.0. The number of rotatable bonds is 7. The van der Waals surface area contributed by atoms with Crippen LogP contribution in [0.2, 0.25) is 0 Å². The number of nitrogens with one attached hydrogen (secondary N) is 2. The summed E-state index contributed by atoms with van der Waals surface area (Å²) in [5, 5.41) is 5.28. The Kier molecular flexibility index (Phi) is 7.63. The second-order valence-electron chi connectivity index (χ2n) is 5.74. The highest BCUT2D eigenvalue weighted by Crippen LogP contribution is 2.30. The third-order valence-electron chi connectivity index (χ3n) is 3.61. The van der Waals surface area contributed by atoms with Crippen LogP contribution in [0.5, 0.6) is 0 Å². The zero-order valence-corrected chi connectivity index (χ0v) is 13.9. The molecule has 2 N–H and O–H groups in total. The Morgan fingerprint density at radius 3 is 2.58 bits per heavy atom. The summed E-state index contributed by atoms with van der Waals surface area (Å²) in [5.74, 6) is 2.31. The van der Waals surface area contributed by atoms with Crippen LogP contribution in [0, 0.1) is 12.3 Å². The van der Waals surface area contributed by atoms with Crippen molar-refractivity contribution in [3.63, 3.8) is 0 Å². The van der Waals surface area contributed by atoms with E-state index in [1.54, 1.807) is 0 Å². The maximum atomic E-state index is 12.8. The van der Waals surface area contributed by atoms with Gasteiger partial charge in [-0.1, -0.05) is 44.2 Å². The van der Waals surface area contributed by atoms with Crippen LogP contribution in [0.25, 0.3) is 0 Å². The molecular weight excluding hydrogens is 317 g/mol. The molecule has 6 heteroatoms. The highest BCUT2D eigenvalue weighted by molar-refractivity contribution is 5.75. The number of carbonyl (C=O) groups excluding carboxylic acids is 1. The molecule has 0 aliphatic rings. The molecule has 2 unspecified atom stereocenters. The molecular formula is C18H23F3N2O. The normalized spacial score (nSPS) is 13.7. The fourth-order valence-corrected chi connectivity index (χ4v) is 2.29. The van der Waals surface area contributed by atoms with Crippen LogP contribution in [0.15, 0.2) is 24.3 Å². The van der Waals surface area contributed by atoms with Crippen LogP contribution in [0.4, 0.5) is 18.0 Å². The van der Waals surface area contributed by atoms with Crippen LogP contribution in [0.3, 0.4) is 0 Å². The van der Waals surface area contributed by atoms with Gasteiger partial charge in [0.2, 0.25) is 0 Å². The first-order valence-electron chi connectivity index (χ1n) is 7.98. The second kappa shape index (κ2) is 9.21. The Labute approximate surface area is 141 Å². The molecule has 3 nitrogen and oxygen atoms in total. The number of hydrogen-bond donors (Lipinski definition) is 2. The minimum atomic E-state index is -4.45. The lowest BCUT2D eigenvalue weighted by Gasteiger charge is -2.18. The van der Waals surface area contributed by atoms with Crippen molar-refractivity contribution in [1.82, 2.24) is 10.6 Å². The molecule has 1 rings (SSSR count). The van der Waals surface area contributed by atoms with Gasteiger partial charge in [-0.3, -0.25) is 0 Å². The summed E-state index contributed by atoms with van der Waals surface area (Å²) >= 11 is 0. The number of alkyl halides is 3. The molecule has 0 spiro atoms. The van der Waals surface area contributed by atoms with E-state index in [1.807, 2.05) is 6.92 Å². The predicted octanol–water partition coefficient (Wildman–Crippen LogP) is 4.65. The SMILES string of the molecule is C#CC(NC(=O)NC(C)CCCCC)c1cccc(C(F)(F)F)c1. The number of halogens is 3. The molecule has 0 aliphatic carbocycles. The lowest BCUT2D eigenvalue weighted by Crippen LogP contribution is -2.42. The van der Waals surface area contributed by atoms with E-state index in [1.165, 1.54) is 12.1 Å². The molecule has 0 aliphatic heterocycles. The molecule has 2 amide bonds. The van der Waals surface area contributed by atoms with Crippen LogP contribution in [0.1, 0.15) is 56.7 Å². The van der Waals surface area contributed by atoms with Crippen LogP contribution in [-0.4, -0.2) is 12.1 Å². The summed E-state index contributed by atoms with van der Waals surface area (Å²) in [5.41, 5.74) is -0.573. The van der Waals surface area contributed by atoms with Gasteiger partial charge in [0.1, 0.15) is 6.04 Å². The Morgan fingerprint density at radius 1 is 1.29 bits per heavy atom. The van der Waals surface area contributed by atoms with Crippen molar-refractivity contribution in [2.45, 2.75) is 57.8 Å². The van der Waals surface area contributed by atoms with Crippen molar-refractivity contribution in [3.8, 4) is 12.3 Å². The van der Waals surface area contributed by atoms with Gasteiger partial charge < -0.3 is 10.6 Å². The quantitative estimate of drug-likeness (QED) is 0.551. The first kappa shape index (κ1) is 19.9. The summed E-state index contributed by atoms with van der Waals surface area (Å²) in [6.45, 7) is 3.97. The van der Waals surface area contributed by atoms with Gasteiger partial charge in [0.25, 0.3) is 0 Å². The highest BCUT2D eigenvalue weighted by Gasteiger charge is 2.31. The minimum Gasteiger partial charge on any atom is -0.336 e. The average molecular weight is 340 g/mol. The van der Waals surface area contributed by atoms with Crippen molar-refractivity contribution in [1.29, 1.82) is 0 Å². The zero-order valence-electron chi connectivity index (χ0n) is 13.9. The van der Waals surface area contributed by atoms with E-state index in [4.69, 9.17) is 6.42 Å². The monoisotopic (exact) mass is 340 g/mol. The fraction of sp³-hybridized carbons (Fsp3) is 0.500. The summed E-state index contributed by atoms with van der Waals surface area (Å²) < 4.78 is 38.3. The van der Waals surface area contributed by atoms with Crippen LogP contribution >= 0.6 is 0 Å². The van der Waals surface area contributed by atoms with Gasteiger partial charge in [0, 0.05) is 6.04 Å². The highest BCUT2D eigenvalue weighted by atomic mass is 19.4. The standard InChI is InChI=1S/C18H23F3N2O/c1-4-6-7-9-13(3)22-17(24)23-16(5-2)14-10-8-11-15(12-14)18(19,20)21/h2,8,10-13,16H,4,6-7,9H2,1,3H3,(H2,22,23,24). The second-order valence-corrected chi connectivity index (χ2v) is 5.74. The smallest absolute Gasteiger partial charge is 0.336 e. The third kappa shape index (κ3) is 6.53. The first-order chi connectivity index (χ1) is 11.3. The fourth-order valence-electron chi connectivity index (χ4n) is 2.29. The molecule has 1 aromatic rings. The van der Waals surface area contributed by atoms with Crippen molar-refractivity contribution < 1.29 is 18.0 Å². The van der Waals surface area contributed by atoms with Gasteiger partial charge in [-0.25, -0.2) is 4.79 Å². The van der Waals surface area contributed by atoms with Crippen molar-refractivity contribution in [2.24, 2.45) is 0 Å². The Bertz CT molecular complexity index is 578. The molecule has 0 bridgehead atoms. The lowest BCUT2D eigenvalue weighted by atomic mass is 10.0. The lowest BCUT2D eigenvalue weighted by molar-refractivity contribution is -0.137. The van der Waals surface area contributed by atoms with Gasteiger partial charge in [-0.05, 0) is 31.0 Å². The van der Waals surface area contributed by atoms with Crippen molar-refractivity contribution >= 4 is 6.03 Å². The molecule has 2 atom stereocenters. The summed E-state index contributed by atoms with van der Waals surface area (Å²) in [6, 6.07) is 3.22. The molecule has 0 radical (unpaired) electrons. The largest absolute Gasteiger partial charge is 0.416 e. The number of unbranched alkanes of at least 4 members (excludes halogenated alkanes) is 2. The summed E-state index contributed by atoms with van der Waals surface area (Å²) in [6.07, 6.45) is 4.94. The molecule has 0 saturated heterocycles. The van der Waals surface area contributed by atoms with Crippen molar-refractivity contribution in [2.75, 3.05) is 0 Å². The van der Waals surface area contributed by atoms with E-state index >= 15 is 0 Å². The topological polar surface area (TPSA) is 41.1 Å². The van der Waals surface area contributed by atoms with Crippen molar-refractivity contribution in [3.05, 3.63) is 35.4 Å². The zero-order chi connectivity index (χ0) is 18.2. The number of amides is 2. The number of hydrogen-bond acceptors (Lipinski definition) is 1. The van der Waals surface area contributed by atoms with E-state index in [9.17, 15) is 18.0 Å². The Balaban J connectivity index is 2.68. The van der Waals surface area contributed by atoms with E-state index in [0.29, 0.717) is 0 Å². The third-order valence-corrected chi connectivity index (χ3v) is 3.61. The molecule has 0 fully saturated rings. The minimum absolute atomic E-state index is 0.0310. The molecule has 0 saturated carbocycles. The van der Waals surface area contributed by atoms with E-state index in [0.717, 1.165) is 37.8 Å². The van der Waals surface area contributed by atoms with Gasteiger partial charge in [-0.2, -0.15) is 13.2 Å². The Morgan fingerprint density at radius 2 is 2.00 bits per heavy atom. The van der Waals surface area contributed by atoms with E-state index < -0.39 is 23.8 Å². The maximum absolute atomic E-state index is 12.8. The molecule has 1 aromatic carbocycles. The molecule has 132 valence electrons. The number of urea groups is 1. The molecule has 0 heterocycles. The van der Waals surface area contributed by atoms with Crippen LogP contribution < -0.4 is 10.6 Å². The first-order valence-corrected chi connectivity index (χ1v) is 7.98. The van der Waals surface area contributed by atoms with E-state index in [2.05, 4.69) is 23.5 Å². The van der Waals surface area contributed by atoms with E-state index in [-0.39, 0.29) is 11.6 Å².